The number of carbonyl (C=O) groups excluding carboxylic acids is 3. The molecule has 0 aliphatic heterocycles. The van der Waals surface area contributed by atoms with Gasteiger partial charge in [-0.05, 0) is 12.8 Å². The Bertz CT molecular complexity index is 296. The summed E-state index contributed by atoms with van der Waals surface area (Å²) in [6, 6.07) is -0.863. The van der Waals surface area contributed by atoms with Crippen LogP contribution < -0.4 is 5.73 Å². The van der Waals surface area contributed by atoms with Crippen LogP contribution in [0.2, 0.25) is 0 Å². The molecule has 0 heterocycles. The van der Waals surface area contributed by atoms with Crippen LogP contribution >= 0.6 is 0 Å². The third-order valence-electron chi connectivity index (χ3n) is 2.38. The fraction of sp³-hybridized carbons (Fsp3) is 0.750. The van der Waals surface area contributed by atoms with Gasteiger partial charge in [-0.3, -0.25) is 14.4 Å². The normalized spacial score (nSPS) is 11.1. The summed E-state index contributed by atoms with van der Waals surface area (Å²) < 4.78 is 8.98. The molecule has 0 aliphatic rings. The molecule has 0 rings (SSSR count). The van der Waals surface area contributed by atoms with Gasteiger partial charge in [0.1, 0.15) is 6.04 Å². The van der Waals surface area contributed by atoms with Crippen LogP contribution in [0.15, 0.2) is 0 Å². The van der Waals surface area contributed by atoms with Gasteiger partial charge in [-0.1, -0.05) is 19.8 Å². The molecule has 0 amide bonds. The van der Waals surface area contributed by atoms with Crippen molar-refractivity contribution < 1.29 is 23.9 Å². The Hall–Kier alpha value is -0.430. The summed E-state index contributed by atoms with van der Waals surface area (Å²) in [5.41, 5.74) is 5.44. The molecular weight excluding hydrogens is 261 g/mol. The molecule has 0 aliphatic carbocycles. The molecule has 0 aromatic heterocycles. The van der Waals surface area contributed by atoms with Crippen LogP contribution in [-0.4, -0.2) is 60.6 Å². The summed E-state index contributed by atoms with van der Waals surface area (Å²) in [4.78, 5) is 33.4. The van der Waals surface area contributed by atoms with E-state index < -0.39 is 23.9 Å². The van der Waals surface area contributed by atoms with Crippen molar-refractivity contribution in [2.75, 3.05) is 7.11 Å². The fourth-order valence-corrected chi connectivity index (χ4v) is 1.29. The predicted octanol–water partition coefficient (Wildman–Crippen LogP) is 0.268. The SMILES string of the molecule is CCCCCC(=O)OC(=O)CC[C@H](N)C(=O)OC.[NaH]. The van der Waals surface area contributed by atoms with E-state index in [-0.39, 0.29) is 48.8 Å². The number of carbonyl (C=O) groups is 3. The van der Waals surface area contributed by atoms with Crippen molar-refractivity contribution >= 4 is 47.5 Å². The molecule has 0 bridgehead atoms. The van der Waals surface area contributed by atoms with Crippen LogP contribution in [0.25, 0.3) is 0 Å². The van der Waals surface area contributed by atoms with Gasteiger partial charge in [-0.2, -0.15) is 0 Å². The Morgan fingerprint density at radius 3 is 2.21 bits per heavy atom. The molecule has 0 radical (unpaired) electrons. The van der Waals surface area contributed by atoms with Gasteiger partial charge in [0.05, 0.1) is 7.11 Å². The first-order valence-corrected chi connectivity index (χ1v) is 6.08. The van der Waals surface area contributed by atoms with Crippen LogP contribution in [0.3, 0.4) is 0 Å². The summed E-state index contributed by atoms with van der Waals surface area (Å²) >= 11 is 0. The molecule has 7 heteroatoms. The van der Waals surface area contributed by atoms with Crippen molar-refractivity contribution in [3.8, 4) is 0 Å². The molecular formula is C12H22NNaO5. The van der Waals surface area contributed by atoms with E-state index >= 15 is 0 Å². The van der Waals surface area contributed by atoms with E-state index in [2.05, 4.69) is 9.47 Å². The van der Waals surface area contributed by atoms with Crippen molar-refractivity contribution in [1.29, 1.82) is 0 Å². The summed E-state index contributed by atoms with van der Waals surface area (Å²) in [5.74, 6) is -1.77. The Balaban J connectivity index is 0. The molecule has 0 saturated carbocycles. The number of methoxy groups -OCH3 is 1. The number of unbranched alkanes of at least 4 members (excludes halogenated alkanes) is 2. The second-order valence-corrected chi connectivity index (χ2v) is 3.97. The van der Waals surface area contributed by atoms with Crippen molar-refractivity contribution in [1.82, 2.24) is 0 Å². The topological polar surface area (TPSA) is 95.7 Å². The molecule has 106 valence electrons. The summed E-state index contributed by atoms with van der Waals surface area (Å²) in [5, 5.41) is 0. The molecule has 2 N–H and O–H groups in total. The van der Waals surface area contributed by atoms with E-state index in [0.29, 0.717) is 6.42 Å². The van der Waals surface area contributed by atoms with Crippen LogP contribution in [0.1, 0.15) is 45.4 Å². The molecule has 0 spiro atoms. The standard InChI is InChI=1S/C12H21NO5.Na.H/c1-3-4-5-6-10(14)18-11(15)8-7-9(13)12(16)17-2;;/h9H,3-8,13H2,1-2H3;;/t9-;;/m0../s1. The maximum absolute atomic E-state index is 11.3. The van der Waals surface area contributed by atoms with Gasteiger partial charge in [-0.25, -0.2) is 0 Å². The monoisotopic (exact) mass is 283 g/mol. The van der Waals surface area contributed by atoms with Gasteiger partial charge in [0, 0.05) is 12.8 Å². The van der Waals surface area contributed by atoms with Gasteiger partial charge in [0.2, 0.25) is 0 Å². The average Bonchev–Trinajstić information content (AvgIpc) is 2.35. The van der Waals surface area contributed by atoms with Crippen molar-refractivity contribution in [3.63, 3.8) is 0 Å². The molecule has 0 fully saturated rings. The van der Waals surface area contributed by atoms with Gasteiger partial charge >= 0.3 is 47.5 Å². The average molecular weight is 283 g/mol. The van der Waals surface area contributed by atoms with Crippen LogP contribution in [-0.2, 0) is 23.9 Å². The first kappa shape index (κ1) is 20.9. The third-order valence-corrected chi connectivity index (χ3v) is 2.38. The van der Waals surface area contributed by atoms with Crippen molar-refractivity contribution in [3.05, 3.63) is 0 Å². The minimum atomic E-state index is -0.863. The van der Waals surface area contributed by atoms with Gasteiger partial charge in [0.25, 0.3) is 0 Å². The zero-order valence-corrected chi connectivity index (χ0v) is 10.9. The summed E-state index contributed by atoms with van der Waals surface area (Å²) in [7, 11) is 1.22. The summed E-state index contributed by atoms with van der Waals surface area (Å²) in [6.45, 7) is 2.02. The van der Waals surface area contributed by atoms with Gasteiger partial charge in [-0.15, -0.1) is 0 Å². The zero-order valence-electron chi connectivity index (χ0n) is 10.9. The van der Waals surface area contributed by atoms with E-state index in [1.54, 1.807) is 0 Å². The van der Waals surface area contributed by atoms with Gasteiger partial charge < -0.3 is 15.2 Å². The number of hydrogen-bond donors (Lipinski definition) is 1. The fourth-order valence-electron chi connectivity index (χ4n) is 1.29. The summed E-state index contributed by atoms with van der Waals surface area (Å²) in [6.07, 6.45) is 2.90. The first-order chi connectivity index (χ1) is 8.51. The molecule has 0 aromatic carbocycles. The number of rotatable bonds is 8. The Kier molecular flexibility index (Phi) is 13.8. The third kappa shape index (κ3) is 11.1. The minimum absolute atomic E-state index is 0. The van der Waals surface area contributed by atoms with E-state index in [4.69, 9.17) is 5.73 Å². The molecule has 1 atom stereocenters. The van der Waals surface area contributed by atoms with Crippen LogP contribution in [0.4, 0.5) is 0 Å². The second-order valence-electron chi connectivity index (χ2n) is 3.97. The van der Waals surface area contributed by atoms with Crippen LogP contribution in [0.5, 0.6) is 0 Å². The van der Waals surface area contributed by atoms with E-state index in [9.17, 15) is 14.4 Å². The molecule has 0 aromatic rings. The van der Waals surface area contributed by atoms with E-state index in [1.807, 2.05) is 6.92 Å². The van der Waals surface area contributed by atoms with Crippen molar-refractivity contribution in [2.24, 2.45) is 5.73 Å². The quantitative estimate of drug-likeness (QED) is 0.297. The Morgan fingerprint density at radius 1 is 1.11 bits per heavy atom. The zero-order chi connectivity index (χ0) is 14.0. The van der Waals surface area contributed by atoms with E-state index in [1.165, 1.54) is 7.11 Å². The predicted molar refractivity (Wildman–Crippen MR) is 71.6 cm³/mol. The number of nitrogens with two attached hydrogens (primary N) is 1. The molecule has 0 saturated heterocycles. The Morgan fingerprint density at radius 2 is 1.68 bits per heavy atom. The second kappa shape index (κ2) is 12.6. The van der Waals surface area contributed by atoms with Crippen molar-refractivity contribution in [2.45, 2.75) is 51.5 Å². The Labute approximate surface area is 135 Å². The number of hydrogen-bond acceptors (Lipinski definition) is 6. The molecule has 19 heavy (non-hydrogen) atoms. The molecule has 6 nitrogen and oxygen atoms in total. The number of ether oxygens (including phenoxy) is 2. The number of esters is 3. The first-order valence-electron chi connectivity index (χ1n) is 6.08. The maximum atomic E-state index is 11.3. The van der Waals surface area contributed by atoms with Crippen LogP contribution in [0, 0.1) is 0 Å². The van der Waals surface area contributed by atoms with E-state index in [0.717, 1.165) is 12.8 Å². The molecule has 0 unspecified atom stereocenters. The van der Waals surface area contributed by atoms with Gasteiger partial charge in [0.15, 0.2) is 0 Å².